The SMILES string of the molecule is O=C(CC1C(=O)NCCN1C(=O)CN1CCN(c2ccc(F)cc2)CC1)Nc1ccc(Oc2ccccc2)cc1. The van der Waals surface area contributed by atoms with E-state index in [9.17, 15) is 18.8 Å². The van der Waals surface area contributed by atoms with Crippen LogP contribution in [-0.4, -0.2) is 79.4 Å². The molecule has 9 nitrogen and oxygen atoms in total. The van der Waals surface area contributed by atoms with Gasteiger partial charge in [-0.1, -0.05) is 18.2 Å². The van der Waals surface area contributed by atoms with Crippen LogP contribution in [0.25, 0.3) is 0 Å². The Morgan fingerprint density at radius 2 is 1.55 bits per heavy atom. The number of nitrogens with one attached hydrogen (secondary N) is 2. The predicted molar refractivity (Wildman–Crippen MR) is 150 cm³/mol. The van der Waals surface area contributed by atoms with Gasteiger partial charge in [-0.25, -0.2) is 4.39 Å². The van der Waals surface area contributed by atoms with Crippen LogP contribution in [0.4, 0.5) is 15.8 Å². The molecule has 0 saturated carbocycles. The summed E-state index contributed by atoms with van der Waals surface area (Å²) in [7, 11) is 0. The topological polar surface area (TPSA) is 94.2 Å². The Bertz CT molecular complexity index is 1310. The Morgan fingerprint density at radius 1 is 0.875 bits per heavy atom. The molecule has 3 aromatic carbocycles. The number of carbonyl (C=O) groups is 3. The van der Waals surface area contributed by atoms with Crippen molar-refractivity contribution in [3.8, 4) is 11.5 Å². The highest BCUT2D eigenvalue weighted by Crippen LogP contribution is 2.23. The van der Waals surface area contributed by atoms with Gasteiger partial charge < -0.3 is 25.2 Å². The number of halogens is 1. The first-order chi connectivity index (χ1) is 19.4. The average molecular weight is 546 g/mol. The monoisotopic (exact) mass is 545 g/mol. The lowest BCUT2D eigenvalue weighted by Gasteiger charge is -2.39. The Hall–Kier alpha value is -4.44. The van der Waals surface area contributed by atoms with Gasteiger partial charge in [0.15, 0.2) is 0 Å². The zero-order valence-corrected chi connectivity index (χ0v) is 22.1. The lowest BCUT2D eigenvalue weighted by Crippen LogP contribution is -2.60. The van der Waals surface area contributed by atoms with E-state index >= 15 is 0 Å². The van der Waals surface area contributed by atoms with Gasteiger partial charge >= 0.3 is 0 Å². The number of piperazine rings is 2. The molecular weight excluding hydrogens is 513 g/mol. The predicted octanol–water partition coefficient (Wildman–Crippen LogP) is 3.10. The smallest absolute Gasteiger partial charge is 0.243 e. The normalized spacial score (nSPS) is 17.7. The maximum Gasteiger partial charge on any atom is 0.243 e. The van der Waals surface area contributed by atoms with Crippen LogP contribution in [0.2, 0.25) is 0 Å². The molecule has 2 fully saturated rings. The van der Waals surface area contributed by atoms with E-state index < -0.39 is 6.04 Å². The van der Waals surface area contributed by atoms with Crippen molar-refractivity contribution in [1.82, 2.24) is 15.1 Å². The summed E-state index contributed by atoms with van der Waals surface area (Å²) < 4.78 is 19.0. The van der Waals surface area contributed by atoms with Gasteiger partial charge in [0.2, 0.25) is 17.7 Å². The first-order valence-electron chi connectivity index (χ1n) is 13.4. The second kappa shape index (κ2) is 12.6. The molecule has 0 radical (unpaired) electrons. The van der Waals surface area contributed by atoms with Crippen molar-refractivity contribution >= 4 is 29.1 Å². The van der Waals surface area contributed by atoms with Crippen LogP contribution in [0.1, 0.15) is 6.42 Å². The molecule has 0 aliphatic carbocycles. The Morgan fingerprint density at radius 3 is 2.25 bits per heavy atom. The Labute approximate surface area is 232 Å². The molecule has 0 bridgehead atoms. The van der Waals surface area contributed by atoms with E-state index in [4.69, 9.17) is 4.74 Å². The fraction of sp³-hybridized carbons (Fsp3) is 0.300. The molecule has 2 N–H and O–H groups in total. The highest BCUT2D eigenvalue weighted by atomic mass is 19.1. The fourth-order valence-corrected chi connectivity index (χ4v) is 4.93. The van der Waals surface area contributed by atoms with Crippen molar-refractivity contribution < 1.29 is 23.5 Å². The molecule has 1 atom stereocenters. The first kappa shape index (κ1) is 27.1. The summed E-state index contributed by atoms with van der Waals surface area (Å²) in [5.41, 5.74) is 1.52. The van der Waals surface area contributed by atoms with E-state index in [2.05, 4.69) is 15.5 Å². The molecule has 10 heteroatoms. The Balaban J connectivity index is 1.13. The summed E-state index contributed by atoms with van der Waals surface area (Å²) in [5, 5.41) is 5.59. The molecule has 2 aliphatic heterocycles. The van der Waals surface area contributed by atoms with E-state index in [1.165, 1.54) is 17.0 Å². The average Bonchev–Trinajstić information content (AvgIpc) is 2.96. The van der Waals surface area contributed by atoms with Crippen LogP contribution in [0.5, 0.6) is 11.5 Å². The van der Waals surface area contributed by atoms with Gasteiger partial charge in [0.05, 0.1) is 13.0 Å². The number of benzene rings is 3. The van der Waals surface area contributed by atoms with E-state index in [1.54, 1.807) is 36.4 Å². The molecule has 5 rings (SSSR count). The number of nitrogens with zero attached hydrogens (tertiary/aromatic N) is 3. The zero-order valence-electron chi connectivity index (χ0n) is 22.1. The van der Waals surface area contributed by atoms with Crippen molar-refractivity contribution in [3.63, 3.8) is 0 Å². The van der Waals surface area contributed by atoms with E-state index in [0.717, 1.165) is 5.69 Å². The third-order valence-corrected chi connectivity index (χ3v) is 7.07. The fourth-order valence-electron chi connectivity index (χ4n) is 4.93. The maximum absolute atomic E-state index is 13.2. The van der Waals surface area contributed by atoms with Gasteiger partial charge in [-0.15, -0.1) is 0 Å². The summed E-state index contributed by atoms with van der Waals surface area (Å²) in [6.45, 7) is 3.62. The van der Waals surface area contributed by atoms with Crippen molar-refractivity contribution in [1.29, 1.82) is 0 Å². The van der Waals surface area contributed by atoms with Gasteiger partial charge in [-0.05, 0) is 60.7 Å². The second-order valence-electron chi connectivity index (χ2n) is 9.83. The minimum absolute atomic E-state index is 0.141. The summed E-state index contributed by atoms with van der Waals surface area (Å²) in [4.78, 5) is 44.5. The number of hydrogen-bond donors (Lipinski definition) is 2. The van der Waals surface area contributed by atoms with Crippen molar-refractivity contribution in [2.24, 2.45) is 0 Å². The number of hydrogen-bond acceptors (Lipinski definition) is 6. The van der Waals surface area contributed by atoms with Crippen molar-refractivity contribution in [2.45, 2.75) is 12.5 Å². The summed E-state index contributed by atoms with van der Waals surface area (Å²) in [6.07, 6.45) is -0.141. The molecule has 2 saturated heterocycles. The molecule has 3 amide bonds. The highest BCUT2D eigenvalue weighted by molar-refractivity contribution is 5.97. The molecule has 3 aromatic rings. The summed E-state index contributed by atoms with van der Waals surface area (Å²) >= 11 is 0. The zero-order chi connectivity index (χ0) is 27.9. The number of anilines is 2. The number of carbonyl (C=O) groups excluding carboxylic acids is 3. The lowest BCUT2D eigenvalue weighted by atomic mass is 10.1. The summed E-state index contributed by atoms with van der Waals surface area (Å²) in [6, 6.07) is 21.9. The number of para-hydroxylation sites is 1. The molecule has 208 valence electrons. The quantitative estimate of drug-likeness (QED) is 0.452. The van der Waals surface area contributed by atoms with Crippen LogP contribution >= 0.6 is 0 Å². The van der Waals surface area contributed by atoms with E-state index in [1.807, 2.05) is 35.2 Å². The van der Waals surface area contributed by atoms with E-state index in [0.29, 0.717) is 56.5 Å². The van der Waals surface area contributed by atoms with Crippen LogP contribution in [0.15, 0.2) is 78.9 Å². The maximum atomic E-state index is 13.2. The van der Waals surface area contributed by atoms with Crippen LogP contribution in [-0.2, 0) is 14.4 Å². The molecule has 0 spiro atoms. The number of amides is 3. The third-order valence-electron chi connectivity index (χ3n) is 7.07. The van der Waals surface area contributed by atoms with Crippen LogP contribution in [0, 0.1) is 5.82 Å². The minimum Gasteiger partial charge on any atom is -0.457 e. The van der Waals surface area contributed by atoms with Crippen LogP contribution in [0.3, 0.4) is 0 Å². The molecule has 2 aliphatic rings. The first-order valence-corrected chi connectivity index (χ1v) is 13.4. The van der Waals surface area contributed by atoms with Crippen LogP contribution < -0.4 is 20.3 Å². The number of rotatable bonds is 8. The largest absolute Gasteiger partial charge is 0.457 e. The van der Waals surface area contributed by atoms with Gasteiger partial charge in [0.25, 0.3) is 0 Å². The second-order valence-corrected chi connectivity index (χ2v) is 9.83. The molecule has 1 unspecified atom stereocenters. The molecule has 40 heavy (non-hydrogen) atoms. The van der Waals surface area contributed by atoms with Crippen molar-refractivity contribution in [2.75, 3.05) is 56.0 Å². The minimum atomic E-state index is -0.873. The Kier molecular flexibility index (Phi) is 8.56. The van der Waals surface area contributed by atoms with Gasteiger partial charge in [0, 0.05) is 50.6 Å². The highest BCUT2D eigenvalue weighted by Gasteiger charge is 2.35. The third kappa shape index (κ3) is 6.95. The lowest BCUT2D eigenvalue weighted by molar-refractivity contribution is -0.145. The summed E-state index contributed by atoms with van der Waals surface area (Å²) in [5.74, 6) is 0.207. The molecule has 2 heterocycles. The molecule has 0 aromatic heterocycles. The van der Waals surface area contributed by atoms with Gasteiger partial charge in [0.1, 0.15) is 23.4 Å². The van der Waals surface area contributed by atoms with Crippen molar-refractivity contribution in [3.05, 3.63) is 84.7 Å². The van der Waals surface area contributed by atoms with Gasteiger partial charge in [-0.3, -0.25) is 19.3 Å². The molecular formula is C30H32FN5O4. The van der Waals surface area contributed by atoms with E-state index in [-0.39, 0.29) is 36.5 Å². The van der Waals surface area contributed by atoms with Gasteiger partial charge in [-0.2, -0.15) is 0 Å². The standard InChI is InChI=1S/C30H32FN5O4/c31-22-6-10-24(11-7-22)35-18-16-34(17-19-35)21-29(38)36-15-14-32-30(39)27(36)20-28(37)33-23-8-12-26(13-9-23)40-25-4-2-1-3-5-25/h1-13,27H,14-21H2,(H,32,39)(H,33,37). The number of ether oxygens (including phenoxy) is 1.